The van der Waals surface area contributed by atoms with Gasteiger partial charge in [0.25, 0.3) is 5.69 Å². The molecule has 0 heterocycles. The van der Waals surface area contributed by atoms with E-state index in [0.29, 0.717) is 5.56 Å². The molecule has 14 heavy (non-hydrogen) atoms. The number of carboxylic acid groups (broad SMARTS) is 1. The van der Waals surface area contributed by atoms with Gasteiger partial charge in [0.2, 0.25) is 0 Å². The number of carboxylic acids is 1. The number of hydrogen-bond donors (Lipinski definition) is 1. The first-order valence-corrected chi connectivity index (χ1v) is 3.99. The second kappa shape index (κ2) is 3.87. The minimum Gasteiger partial charge on any atom is -0.481 e. The molecular formula is C9H9NO4. The molecule has 1 aromatic rings. The Labute approximate surface area is 80.1 Å². The summed E-state index contributed by atoms with van der Waals surface area (Å²) in [6.07, 6.45) is 0. The summed E-state index contributed by atoms with van der Waals surface area (Å²) in [6, 6.07) is 5.51. The Morgan fingerprint density at radius 2 is 1.93 bits per heavy atom. The summed E-state index contributed by atoms with van der Waals surface area (Å²) in [7, 11) is 0. The number of aliphatic carboxylic acids is 1. The normalized spacial score (nSPS) is 12.1. The van der Waals surface area contributed by atoms with Crippen LogP contribution in [0.4, 0.5) is 5.69 Å². The fourth-order valence-electron chi connectivity index (χ4n) is 1.03. The lowest BCUT2D eigenvalue weighted by Crippen LogP contribution is -2.07. The zero-order valence-electron chi connectivity index (χ0n) is 7.51. The summed E-state index contributed by atoms with van der Waals surface area (Å²) in [5.74, 6) is -1.59. The first kappa shape index (κ1) is 10.2. The number of nitro groups is 1. The van der Waals surface area contributed by atoms with Crippen molar-refractivity contribution in [2.75, 3.05) is 0 Å². The fraction of sp³-hybridized carbons (Fsp3) is 0.222. The Balaban J connectivity index is 2.94. The second-order valence-electron chi connectivity index (χ2n) is 2.91. The summed E-state index contributed by atoms with van der Waals surface area (Å²) in [6.45, 7) is 1.53. The van der Waals surface area contributed by atoms with E-state index in [1.807, 2.05) is 0 Å². The molecule has 5 heteroatoms. The predicted molar refractivity (Wildman–Crippen MR) is 49.1 cm³/mol. The molecule has 1 rings (SSSR count). The van der Waals surface area contributed by atoms with Crippen molar-refractivity contribution in [3.63, 3.8) is 0 Å². The van der Waals surface area contributed by atoms with Gasteiger partial charge in [0.15, 0.2) is 0 Å². The molecule has 0 unspecified atom stereocenters. The van der Waals surface area contributed by atoms with Gasteiger partial charge in [-0.1, -0.05) is 12.1 Å². The van der Waals surface area contributed by atoms with E-state index in [2.05, 4.69) is 0 Å². The third kappa shape index (κ3) is 2.07. The van der Waals surface area contributed by atoms with Gasteiger partial charge in [-0.3, -0.25) is 14.9 Å². The lowest BCUT2D eigenvalue weighted by atomic mass is 10.0. The molecule has 74 valence electrons. The molecule has 0 saturated carbocycles. The van der Waals surface area contributed by atoms with Gasteiger partial charge in [-0.25, -0.2) is 0 Å². The van der Waals surface area contributed by atoms with Crippen molar-refractivity contribution in [2.24, 2.45) is 0 Å². The van der Waals surface area contributed by atoms with Crippen molar-refractivity contribution < 1.29 is 14.8 Å². The van der Waals surface area contributed by atoms with Crippen LogP contribution in [0.3, 0.4) is 0 Å². The number of rotatable bonds is 3. The molecule has 0 fully saturated rings. The van der Waals surface area contributed by atoms with Gasteiger partial charge in [0.05, 0.1) is 10.8 Å². The van der Waals surface area contributed by atoms with E-state index in [-0.39, 0.29) is 5.69 Å². The highest BCUT2D eigenvalue weighted by Crippen LogP contribution is 2.18. The van der Waals surface area contributed by atoms with Crippen molar-refractivity contribution in [2.45, 2.75) is 12.8 Å². The smallest absolute Gasteiger partial charge is 0.310 e. The van der Waals surface area contributed by atoms with Crippen molar-refractivity contribution in [3.05, 3.63) is 39.9 Å². The number of carbonyl (C=O) groups is 1. The first-order valence-electron chi connectivity index (χ1n) is 3.99. The van der Waals surface area contributed by atoms with Crippen LogP contribution in [0.25, 0.3) is 0 Å². The Kier molecular flexibility index (Phi) is 2.81. The van der Waals surface area contributed by atoms with Gasteiger partial charge in [0.1, 0.15) is 0 Å². The molecule has 0 aromatic heterocycles. The molecule has 1 N–H and O–H groups in total. The van der Waals surface area contributed by atoms with Crippen LogP contribution in [0.15, 0.2) is 24.3 Å². The number of nitro benzene ring substituents is 1. The average molecular weight is 195 g/mol. The molecule has 0 aliphatic heterocycles. The standard InChI is InChI=1S/C9H9NO4/c1-6(9(11)12)7-2-4-8(5-3-7)10(13)14/h2-6H,1H3,(H,11,12)/t6-/m0/s1. The predicted octanol–water partition coefficient (Wildman–Crippen LogP) is 1.78. The Hall–Kier alpha value is -1.91. The van der Waals surface area contributed by atoms with Gasteiger partial charge in [-0.15, -0.1) is 0 Å². The minimum atomic E-state index is -0.946. The SMILES string of the molecule is C[C@H](C(=O)O)c1ccc([N+](=O)[O-])cc1. The van der Waals surface area contributed by atoms with E-state index < -0.39 is 16.8 Å². The van der Waals surface area contributed by atoms with Crippen LogP contribution in [0, 0.1) is 10.1 Å². The molecule has 0 spiro atoms. The molecule has 0 saturated heterocycles. The highest BCUT2D eigenvalue weighted by Gasteiger charge is 2.14. The molecule has 0 aliphatic carbocycles. The van der Waals surface area contributed by atoms with Crippen LogP contribution in [0.5, 0.6) is 0 Å². The van der Waals surface area contributed by atoms with Gasteiger partial charge in [0, 0.05) is 12.1 Å². The number of non-ortho nitro benzene ring substituents is 1. The van der Waals surface area contributed by atoms with Crippen LogP contribution in [0.2, 0.25) is 0 Å². The topological polar surface area (TPSA) is 80.4 Å². The molecule has 0 aliphatic rings. The van der Waals surface area contributed by atoms with Gasteiger partial charge < -0.3 is 5.11 Å². The van der Waals surface area contributed by atoms with Crippen LogP contribution >= 0.6 is 0 Å². The average Bonchev–Trinajstić information content (AvgIpc) is 2.16. The second-order valence-corrected chi connectivity index (χ2v) is 2.91. The molecular weight excluding hydrogens is 186 g/mol. The molecule has 0 radical (unpaired) electrons. The van der Waals surface area contributed by atoms with Crippen molar-refractivity contribution in [1.29, 1.82) is 0 Å². The number of hydrogen-bond acceptors (Lipinski definition) is 3. The highest BCUT2D eigenvalue weighted by molar-refractivity contribution is 5.75. The van der Waals surface area contributed by atoms with E-state index in [1.165, 1.54) is 31.2 Å². The zero-order valence-corrected chi connectivity index (χ0v) is 7.51. The van der Waals surface area contributed by atoms with E-state index in [4.69, 9.17) is 5.11 Å². The first-order chi connectivity index (χ1) is 6.52. The molecule has 1 aromatic carbocycles. The number of benzene rings is 1. The molecule has 1 atom stereocenters. The minimum absolute atomic E-state index is 0.0358. The van der Waals surface area contributed by atoms with Crippen LogP contribution in [0.1, 0.15) is 18.4 Å². The van der Waals surface area contributed by atoms with E-state index in [1.54, 1.807) is 0 Å². The monoisotopic (exact) mass is 195 g/mol. The maximum Gasteiger partial charge on any atom is 0.310 e. The van der Waals surface area contributed by atoms with Gasteiger partial charge >= 0.3 is 5.97 Å². The van der Waals surface area contributed by atoms with E-state index in [0.717, 1.165) is 0 Å². The van der Waals surface area contributed by atoms with Crippen molar-refractivity contribution >= 4 is 11.7 Å². The van der Waals surface area contributed by atoms with Crippen LogP contribution in [-0.2, 0) is 4.79 Å². The van der Waals surface area contributed by atoms with Crippen molar-refractivity contribution in [1.82, 2.24) is 0 Å². The van der Waals surface area contributed by atoms with E-state index in [9.17, 15) is 14.9 Å². The molecule has 0 bridgehead atoms. The number of nitrogens with zero attached hydrogens (tertiary/aromatic N) is 1. The quantitative estimate of drug-likeness (QED) is 0.588. The lowest BCUT2D eigenvalue weighted by molar-refractivity contribution is -0.384. The van der Waals surface area contributed by atoms with Crippen LogP contribution < -0.4 is 0 Å². The maximum absolute atomic E-state index is 10.6. The van der Waals surface area contributed by atoms with Crippen LogP contribution in [-0.4, -0.2) is 16.0 Å². The zero-order chi connectivity index (χ0) is 10.7. The van der Waals surface area contributed by atoms with Crippen molar-refractivity contribution in [3.8, 4) is 0 Å². The molecule has 0 amide bonds. The third-order valence-electron chi connectivity index (χ3n) is 1.97. The molecule has 5 nitrogen and oxygen atoms in total. The Bertz CT molecular complexity index is 358. The maximum atomic E-state index is 10.6. The van der Waals surface area contributed by atoms with E-state index >= 15 is 0 Å². The fourth-order valence-corrected chi connectivity index (χ4v) is 1.03. The highest BCUT2D eigenvalue weighted by atomic mass is 16.6. The lowest BCUT2D eigenvalue weighted by Gasteiger charge is -2.04. The summed E-state index contributed by atoms with van der Waals surface area (Å²) in [5.41, 5.74) is 0.523. The van der Waals surface area contributed by atoms with Gasteiger partial charge in [-0.05, 0) is 12.5 Å². The summed E-state index contributed by atoms with van der Waals surface area (Å²) >= 11 is 0. The third-order valence-corrected chi connectivity index (χ3v) is 1.97. The summed E-state index contributed by atoms with van der Waals surface area (Å²) in [4.78, 5) is 20.4. The largest absolute Gasteiger partial charge is 0.481 e. The Morgan fingerprint density at radius 3 is 2.29 bits per heavy atom. The summed E-state index contributed by atoms with van der Waals surface area (Å²) in [5, 5.41) is 19.0. The Morgan fingerprint density at radius 1 is 1.43 bits per heavy atom. The van der Waals surface area contributed by atoms with Gasteiger partial charge in [-0.2, -0.15) is 0 Å². The summed E-state index contributed by atoms with van der Waals surface area (Å²) < 4.78 is 0.